The zero-order valence-corrected chi connectivity index (χ0v) is 16.9. The summed E-state index contributed by atoms with van der Waals surface area (Å²) in [5.41, 5.74) is -3.02. The molecule has 0 spiro atoms. The molecule has 5 unspecified atom stereocenters. The fourth-order valence-corrected chi connectivity index (χ4v) is 5.35. The van der Waals surface area contributed by atoms with Crippen LogP contribution in [-0.2, 0) is 9.47 Å². The molecule has 0 radical (unpaired) electrons. The van der Waals surface area contributed by atoms with E-state index in [2.05, 4.69) is 24.3 Å². The number of methoxy groups -OCH3 is 1. The first-order chi connectivity index (χ1) is 14.4. The van der Waals surface area contributed by atoms with E-state index in [-0.39, 0.29) is 11.8 Å². The van der Waals surface area contributed by atoms with Crippen LogP contribution in [0.4, 0.5) is 0 Å². The van der Waals surface area contributed by atoms with Crippen LogP contribution in [0.2, 0.25) is 0 Å². The summed E-state index contributed by atoms with van der Waals surface area (Å²) in [7, 11) is 1.55. The Bertz CT molecular complexity index is 1010. The quantitative estimate of drug-likeness (QED) is 0.767. The highest BCUT2D eigenvalue weighted by atomic mass is 16.7. The van der Waals surface area contributed by atoms with Gasteiger partial charge in [0.05, 0.1) is 37.3 Å². The number of allylic oxidation sites excluding steroid dienone is 2. The Balaban J connectivity index is 1.94. The van der Waals surface area contributed by atoms with Crippen molar-refractivity contribution in [1.29, 1.82) is 21.2 Å². The molecule has 2 fully saturated rings. The van der Waals surface area contributed by atoms with E-state index in [4.69, 9.17) is 19.6 Å². The lowest BCUT2D eigenvalue weighted by atomic mass is 9.51. The molecule has 1 aromatic rings. The molecule has 2 bridgehead atoms. The summed E-state index contributed by atoms with van der Waals surface area (Å²) in [6, 6.07) is 13.5. The zero-order valence-electron chi connectivity index (χ0n) is 16.9. The minimum absolute atomic E-state index is 0.118. The second kappa shape index (κ2) is 6.87. The lowest BCUT2D eigenvalue weighted by molar-refractivity contribution is -0.263. The van der Waals surface area contributed by atoms with E-state index in [9.17, 15) is 15.8 Å². The number of hydrogen-bond acceptors (Lipinski definition) is 7. The molecule has 2 heterocycles. The normalized spacial score (nSPS) is 36.1. The van der Waals surface area contributed by atoms with Crippen molar-refractivity contribution in [3.05, 3.63) is 42.0 Å². The van der Waals surface area contributed by atoms with Gasteiger partial charge >= 0.3 is 0 Å². The zero-order chi connectivity index (χ0) is 21.6. The molecular weight excluding hydrogens is 380 g/mol. The third-order valence-corrected chi connectivity index (χ3v) is 6.75. The standard InChI is InChI=1S/C23H22N4O3/c1-21-18(15-8-10-17(28-2)11-9-15)23(14-26,20(27)30-21)22(12-24,13-25)19(29-21)16-6-4-3-5-7-16/h3-4,8-11,16,18-19,27H,5-7H2,1-2H3. The molecule has 7 nitrogen and oxygen atoms in total. The SMILES string of the molecule is COc1ccc(C2C3(C)OC(=N)C2(C#N)C(C#N)(C#N)C(C2CC=CCC2)O3)cc1. The summed E-state index contributed by atoms with van der Waals surface area (Å²) in [4.78, 5) is 0. The van der Waals surface area contributed by atoms with Crippen molar-refractivity contribution in [2.75, 3.05) is 7.11 Å². The molecule has 0 saturated carbocycles. The molecule has 3 aliphatic rings. The van der Waals surface area contributed by atoms with Crippen LogP contribution < -0.4 is 4.74 Å². The van der Waals surface area contributed by atoms with Crippen molar-refractivity contribution in [1.82, 2.24) is 0 Å². The van der Waals surface area contributed by atoms with Crippen LogP contribution in [0.15, 0.2) is 36.4 Å². The van der Waals surface area contributed by atoms with E-state index in [1.165, 1.54) is 0 Å². The molecule has 0 amide bonds. The molecule has 5 atom stereocenters. The number of fused-ring (bicyclic) bond motifs is 2. The van der Waals surface area contributed by atoms with E-state index in [1.54, 1.807) is 38.3 Å². The largest absolute Gasteiger partial charge is 0.497 e. The minimum atomic E-state index is -1.88. The van der Waals surface area contributed by atoms with Crippen molar-refractivity contribution in [2.45, 2.75) is 44.0 Å². The van der Waals surface area contributed by atoms with Crippen LogP contribution in [0.25, 0.3) is 0 Å². The number of nitrogens with zero attached hydrogens (tertiary/aromatic N) is 3. The monoisotopic (exact) mass is 402 g/mol. The van der Waals surface area contributed by atoms with Gasteiger partial charge in [0.2, 0.25) is 11.7 Å². The second-order valence-electron chi connectivity index (χ2n) is 8.19. The first kappa shape index (κ1) is 20.0. The lowest BCUT2D eigenvalue weighted by Gasteiger charge is -2.51. The molecule has 1 aliphatic carbocycles. The van der Waals surface area contributed by atoms with Gasteiger partial charge in [-0.25, -0.2) is 0 Å². The van der Waals surface area contributed by atoms with E-state index in [0.717, 1.165) is 12.8 Å². The van der Waals surface area contributed by atoms with Gasteiger partial charge in [0.25, 0.3) is 0 Å². The van der Waals surface area contributed by atoms with Crippen LogP contribution in [0.1, 0.15) is 37.7 Å². The molecule has 1 aromatic carbocycles. The fourth-order valence-electron chi connectivity index (χ4n) is 5.35. The van der Waals surface area contributed by atoms with E-state index in [0.29, 0.717) is 17.7 Å². The Morgan fingerprint density at radius 1 is 1.10 bits per heavy atom. The van der Waals surface area contributed by atoms with Crippen LogP contribution in [0, 0.1) is 56.2 Å². The third kappa shape index (κ3) is 2.35. The van der Waals surface area contributed by atoms with Gasteiger partial charge in [-0.3, -0.25) is 5.41 Å². The predicted molar refractivity (Wildman–Crippen MR) is 106 cm³/mol. The number of rotatable bonds is 3. The molecular formula is C23H22N4O3. The summed E-state index contributed by atoms with van der Waals surface area (Å²) in [6.45, 7) is 1.69. The van der Waals surface area contributed by atoms with Crippen molar-refractivity contribution in [2.24, 2.45) is 16.7 Å². The van der Waals surface area contributed by atoms with Gasteiger partial charge in [-0.05, 0) is 42.9 Å². The van der Waals surface area contributed by atoms with Gasteiger partial charge in [0.15, 0.2) is 10.8 Å². The Kier molecular flexibility index (Phi) is 4.57. The predicted octanol–water partition coefficient (Wildman–Crippen LogP) is 3.80. The lowest BCUT2D eigenvalue weighted by Crippen LogP contribution is -2.62. The average Bonchev–Trinajstić information content (AvgIpc) is 2.97. The number of ether oxygens (including phenoxy) is 3. The highest BCUT2D eigenvalue weighted by Gasteiger charge is 2.80. The molecule has 152 valence electrons. The third-order valence-electron chi connectivity index (χ3n) is 6.75. The molecule has 2 aliphatic heterocycles. The summed E-state index contributed by atoms with van der Waals surface area (Å²) >= 11 is 0. The van der Waals surface area contributed by atoms with Crippen LogP contribution in [-0.4, -0.2) is 24.9 Å². The highest BCUT2D eigenvalue weighted by molar-refractivity contribution is 5.90. The van der Waals surface area contributed by atoms with Crippen LogP contribution in [0.5, 0.6) is 5.75 Å². The van der Waals surface area contributed by atoms with Gasteiger partial charge < -0.3 is 14.2 Å². The van der Waals surface area contributed by atoms with Crippen molar-refractivity contribution >= 4 is 5.90 Å². The minimum Gasteiger partial charge on any atom is -0.497 e. The van der Waals surface area contributed by atoms with Crippen LogP contribution >= 0.6 is 0 Å². The first-order valence-corrected chi connectivity index (χ1v) is 9.91. The first-order valence-electron chi connectivity index (χ1n) is 9.91. The van der Waals surface area contributed by atoms with Gasteiger partial charge in [0.1, 0.15) is 5.75 Å². The fraction of sp³-hybridized carbons (Fsp3) is 0.478. The van der Waals surface area contributed by atoms with E-state index >= 15 is 0 Å². The van der Waals surface area contributed by atoms with E-state index in [1.807, 2.05) is 6.08 Å². The molecule has 7 heteroatoms. The number of hydrogen-bond donors (Lipinski definition) is 1. The summed E-state index contributed by atoms with van der Waals surface area (Å²) in [6.07, 6.45) is 5.43. The van der Waals surface area contributed by atoms with E-state index < -0.39 is 28.6 Å². The number of benzene rings is 1. The topological polar surface area (TPSA) is 123 Å². The van der Waals surface area contributed by atoms with Crippen LogP contribution in [0.3, 0.4) is 0 Å². The summed E-state index contributed by atoms with van der Waals surface area (Å²) in [5, 5.41) is 39.7. The number of nitriles is 3. The number of nitrogens with one attached hydrogen (secondary N) is 1. The molecule has 2 saturated heterocycles. The molecule has 1 N–H and O–H groups in total. The molecule has 4 rings (SSSR count). The highest BCUT2D eigenvalue weighted by Crippen LogP contribution is 2.67. The Morgan fingerprint density at radius 3 is 2.33 bits per heavy atom. The second-order valence-corrected chi connectivity index (χ2v) is 8.19. The van der Waals surface area contributed by atoms with Crippen molar-refractivity contribution in [3.63, 3.8) is 0 Å². The van der Waals surface area contributed by atoms with Crippen molar-refractivity contribution in [3.8, 4) is 24.0 Å². The smallest absolute Gasteiger partial charge is 0.218 e. The molecule has 30 heavy (non-hydrogen) atoms. The maximum Gasteiger partial charge on any atom is 0.218 e. The Labute approximate surface area is 175 Å². The van der Waals surface area contributed by atoms with Gasteiger partial charge in [-0.2, -0.15) is 15.8 Å². The maximum atomic E-state index is 10.4. The van der Waals surface area contributed by atoms with Crippen molar-refractivity contribution < 1.29 is 14.2 Å². The summed E-state index contributed by atoms with van der Waals surface area (Å²) < 4.78 is 17.5. The average molecular weight is 402 g/mol. The summed E-state index contributed by atoms with van der Waals surface area (Å²) in [5.74, 6) is -2.03. The van der Waals surface area contributed by atoms with Gasteiger partial charge in [-0.15, -0.1) is 0 Å². The maximum absolute atomic E-state index is 10.4. The van der Waals surface area contributed by atoms with Gasteiger partial charge in [-0.1, -0.05) is 24.3 Å². The Morgan fingerprint density at radius 2 is 1.80 bits per heavy atom. The Hall–Kier alpha value is -3.34. The van der Waals surface area contributed by atoms with Gasteiger partial charge in [0, 0.05) is 6.92 Å². The molecule has 0 aromatic heterocycles.